The summed E-state index contributed by atoms with van der Waals surface area (Å²) in [4.78, 5) is 13.8. The molecule has 1 N–H and O–H groups in total. The third-order valence-electron chi connectivity index (χ3n) is 5.91. The predicted octanol–water partition coefficient (Wildman–Crippen LogP) is 4.20. The molecular weight excluding hydrogens is 408 g/mol. The average molecular weight is 435 g/mol. The number of hydrogen-bond acceptors (Lipinski definition) is 6. The zero-order valence-corrected chi connectivity index (χ0v) is 18.2. The summed E-state index contributed by atoms with van der Waals surface area (Å²) < 4.78 is 18.2. The minimum absolute atomic E-state index is 0.235. The zero-order chi connectivity index (χ0) is 21.0. The maximum absolute atomic E-state index is 12.8. The number of nitrogens with one attached hydrogen (secondary N) is 1. The number of nitrogens with zero attached hydrogens (tertiary/aromatic N) is 3. The number of rotatable bonds is 6. The molecule has 7 heteroatoms. The number of aryl methyl sites for hydroxylation is 1. The summed E-state index contributed by atoms with van der Waals surface area (Å²) in [6.45, 7) is 1.44. The Labute approximate surface area is 185 Å². The van der Waals surface area contributed by atoms with Gasteiger partial charge in [0.25, 0.3) is 0 Å². The average Bonchev–Trinajstić information content (AvgIpc) is 3.30. The Kier molecular flexibility index (Phi) is 6.04. The largest absolute Gasteiger partial charge is 0.381 e. The fourth-order valence-corrected chi connectivity index (χ4v) is 5.72. The predicted molar refractivity (Wildman–Crippen MR) is 123 cm³/mol. The molecule has 1 aliphatic heterocycles. The third-order valence-corrected chi connectivity index (χ3v) is 7.74. The topological polar surface area (TPSA) is 77.0 Å². The van der Waals surface area contributed by atoms with E-state index in [-0.39, 0.29) is 5.25 Å². The fraction of sp³-hybridized carbons (Fsp3) is 0.375. The Morgan fingerprint density at radius 3 is 2.74 bits per heavy atom. The number of ether oxygens (including phenoxy) is 1. The highest BCUT2D eigenvalue weighted by Crippen LogP contribution is 2.31. The van der Waals surface area contributed by atoms with E-state index in [1.54, 1.807) is 12.4 Å². The number of benzene rings is 1. The molecule has 0 amide bonds. The summed E-state index contributed by atoms with van der Waals surface area (Å²) in [7, 11) is -0.880. The van der Waals surface area contributed by atoms with E-state index in [4.69, 9.17) is 14.7 Å². The van der Waals surface area contributed by atoms with Crippen LogP contribution in [0.2, 0.25) is 0 Å². The van der Waals surface area contributed by atoms with Crippen LogP contribution in [-0.4, -0.2) is 37.6 Å². The summed E-state index contributed by atoms with van der Waals surface area (Å²) in [5, 5.41) is 3.76. The van der Waals surface area contributed by atoms with Crippen LogP contribution < -0.4 is 5.32 Å². The molecule has 1 aromatic carbocycles. The second-order valence-corrected chi connectivity index (χ2v) is 9.79. The summed E-state index contributed by atoms with van der Waals surface area (Å²) in [5.74, 6) is 2.17. The summed E-state index contributed by atoms with van der Waals surface area (Å²) >= 11 is 0. The number of anilines is 2. The quantitative estimate of drug-likeness (QED) is 0.627. The lowest BCUT2D eigenvalue weighted by Gasteiger charge is -2.21. The lowest BCUT2D eigenvalue weighted by molar-refractivity contribution is 0.0992. The van der Waals surface area contributed by atoms with E-state index >= 15 is 0 Å². The highest BCUT2D eigenvalue weighted by Gasteiger charge is 2.22. The van der Waals surface area contributed by atoms with E-state index in [1.165, 1.54) is 5.56 Å². The van der Waals surface area contributed by atoms with Gasteiger partial charge in [-0.05, 0) is 61.9 Å². The number of hydrogen-bond donors (Lipinski definition) is 1. The highest BCUT2D eigenvalue weighted by molar-refractivity contribution is 7.84. The van der Waals surface area contributed by atoms with Gasteiger partial charge in [-0.3, -0.25) is 9.19 Å². The smallest absolute Gasteiger partial charge is 0.161 e. The van der Waals surface area contributed by atoms with Gasteiger partial charge in [-0.25, -0.2) is 9.97 Å². The third kappa shape index (κ3) is 4.67. The highest BCUT2D eigenvalue weighted by atomic mass is 32.2. The van der Waals surface area contributed by atoms with Crippen molar-refractivity contribution in [2.45, 2.75) is 43.1 Å². The van der Waals surface area contributed by atoms with Crippen LogP contribution in [0.1, 0.15) is 36.1 Å². The minimum Gasteiger partial charge on any atom is -0.381 e. The molecule has 2 aromatic heterocycles. The molecule has 5 rings (SSSR count). The molecular formula is C24H26N4O2S. The van der Waals surface area contributed by atoms with Gasteiger partial charge in [0, 0.05) is 69.9 Å². The maximum Gasteiger partial charge on any atom is 0.161 e. The van der Waals surface area contributed by atoms with Crippen molar-refractivity contribution in [3.05, 3.63) is 65.6 Å². The SMILES string of the molecule is O=S(Cc1cccc(Nc2nc(-c3ccncc3)nc3c2CCC3)c1)C1CCOCC1. The Hall–Kier alpha value is -2.64. The molecule has 1 aliphatic carbocycles. The molecule has 3 heterocycles. The Morgan fingerprint density at radius 1 is 1.06 bits per heavy atom. The van der Waals surface area contributed by atoms with E-state index in [0.29, 0.717) is 5.75 Å². The van der Waals surface area contributed by atoms with Crippen molar-refractivity contribution in [3.63, 3.8) is 0 Å². The van der Waals surface area contributed by atoms with Crippen LogP contribution in [-0.2, 0) is 34.1 Å². The van der Waals surface area contributed by atoms with E-state index < -0.39 is 10.8 Å². The summed E-state index contributed by atoms with van der Waals surface area (Å²) in [6.07, 6.45) is 8.37. The van der Waals surface area contributed by atoms with E-state index in [0.717, 1.165) is 79.5 Å². The number of aromatic nitrogens is 3. The van der Waals surface area contributed by atoms with Crippen LogP contribution in [0.3, 0.4) is 0 Å². The second kappa shape index (κ2) is 9.24. The lowest BCUT2D eigenvalue weighted by Crippen LogP contribution is -2.25. The van der Waals surface area contributed by atoms with Gasteiger partial charge in [0.05, 0.1) is 0 Å². The van der Waals surface area contributed by atoms with Crippen molar-refractivity contribution in [1.29, 1.82) is 0 Å². The Bertz CT molecular complexity index is 1080. The van der Waals surface area contributed by atoms with Crippen LogP contribution in [0.25, 0.3) is 11.4 Å². The minimum atomic E-state index is -0.880. The molecule has 1 saturated heterocycles. The van der Waals surface area contributed by atoms with Crippen molar-refractivity contribution >= 4 is 22.3 Å². The first-order chi connectivity index (χ1) is 15.3. The molecule has 0 bridgehead atoms. The van der Waals surface area contributed by atoms with E-state index in [9.17, 15) is 4.21 Å². The van der Waals surface area contributed by atoms with E-state index in [1.807, 2.05) is 24.3 Å². The van der Waals surface area contributed by atoms with Crippen LogP contribution in [0.4, 0.5) is 11.5 Å². The van der Waals surface area contributed by atoms with Gasteiger partial charge < -0.3 is 10.1 Å². The molecule has 2 aliphatic rings. The molecule has 3 aromatic rings. The molecule has 1 atom stereocenters. The first-order valence-corrected chi connectivity index (χ1v) is 12.3. The van der Waals surface area contributed by atoms with E-state index in [2.05, 4.69) is 22.4 Å². The van der Waals surface area contributed by atoms with Crippen LogP contribution in [0.15, 0.2) is 48.8 Å². The monoisotopic (exact) mass is 434 g/mol. The van der Waals surface area contributed by atoms with Gasteiger partial charge in [0.1, 0.15) is 5.82 Å². The van der Waals surface area contributed by atoms with Crippen LogP contribution >= 0.6 is 0 Å². The molecule has 160 valence electrons. The Morgan fingerprint density at radius 2 is 1.90 bits per heavy atom. The van der Waals surface area contributed by atoms with Crippen LogP contribution in [0.5, 0.6) is 0 Å². The van der Waals surface area contributed by atoms with Crippen molar-refractivity contribution in [3.8, 4) is 11.4 Å². The fourth-order valence-electron chi connectivity index (χ4n) is 4.26. The molecule has 1 unspecified atom stereocenters. The maximum atomic E-state index is 12.8. The first-order valence-electron chi connectivity index (χ1n) is 10.9. The molecule has 6 nitrogen and oxygen atoms in total. The number of fused-ring (bicyclic) bond motifs is 1. The van der Waals surface area contributed by atoms with Gasteiger partial charge in [-0.2, -0.15) is 0 Å². The normalized spacial score (nSPS) is 17.3. The van der Waals surface area contributed by atoms with Crippen LogP contribution in [0, 0.1) is 0 Å². The van der Waals surface area contributed by atoms with Gasteiger partial charge in [0.15, 0.2) is 5.82 Å². The molecule has 0 radical (unpaired) electrons. The van der Waals surface area contributed by atoms with Crippen molar-refractivity contribution < 1.29 is 8.95 Å². The summed E-state index contributed by atoms with van der Waals surface area (Å²) in [6, 6.07) is 12.1. The van der Waals surface area contributed by atoms with Gasteiger partial charge in [0.2, 0.25) is 0 Å². The second-order valence-electron chi connectivity index (χ2n) is 8.07. The zero-order valence-electron chi connectivity index (χ0n) is 17.4. The standard InChI is InChI=1S/C24H26N4O2S/c29-31(20-9-13-30-14-10-20)16-17-3-1-4-19(15-17)26-24-21-5-2-6-22(21)27-23(28-24)18-7-11-25-12-8-18/h1,3-4,7-8,11-12,15,20H,2,5-6,9-10,13-14,16H2,(H,26,27,28). The molecule has 1 fully saturated rings. The molecule has 0 spiro atoms. The summed E-state index contributed by atoms with van der Waals surface area (Å²) in [5.41, 5.74) is 5.34. The lowest BCUT2D eigenvalue weighted by atomic mass is 10.2. The van der Waals surface area contributed by atoms with Gasteiger partial charge >= 0.3 is 0 Å². The molecule has 0 saturated carbocycles. The first kappa shape index (κ1) is 20.3. The van der Waals surface area contributed by atoms with Crippen molar-refractivity contribution in [2.75, 3.05) is 18.5 Å². The Balaban J connectivity index is 1.38. The van der Waals surface area contributed by atoms with Crippen molar-refractivity contribution in [2.24, 2.45) is 0 Å². The van der Waals surface area contributed by atoms with Gasteiger partial charge in [-0.1, -0.05) is 12.1 Å². The molecule has 31 heavy (non-hydrogen) atoms. The van der Waals surface area contributed by atoms with Crippen molar-refractivity contribution in [1.82, 2.24) is 15.0 Å². The number of pyridine rings is 1. The van der Waals surface area contributed by atoms with Gasteiger partial charge in [-0.15, -0.1) is 0 Å².